The van der Waals surface area contributed by atoms with Crippen LogP contribution in [0.25, 0.3) is 0 Å². The van der Waals surface area contributed by atoms with E-state index in [1.807, 2.05) is 0 Å². The monoisotopic (exact) mass is 357 g/mol. The maximum atomic E-state index is 13.6. The number of carbonyl (C=O) groups is 2. The molecule has 7 heteroatoms. The molecule has 1 aromatic carbocycles. The number of carbonyl (C=O) groups excluding carboxylic acids is 2. The minimum absolute atomic E-state index is 0.165. The molecule has 2 heterocycles. The number of aromatic nitrogens is 1. The van der Waals surface area contributed by atoms with Gasteiger partial charge in [0.25, 0.3) is 11.8 Å². The number of pyridine rings is 1. The highest BCUT2D eigenvalue weighted by atomic mass is 19.1. The number of amides is 2. The zero-order valence-corrected chi connectivity index (χ0v) is 14.3. The molecule has 0 spiro atoms. The summed E-state index contributed by atoms with van der Waals surface area (Å²) in [5, 5.41) is 2.73. The predicted octanol–water partition coefficient (Wildman–Crippen LogP) is 1.67. The van der Waals surface area contributed by atoms with Crippen molar-refractivity contribution in [3.8, 4) is 0 Å². The smallest absolute Gasteiger partial charge is 0.255 e. The Morgan fingerprint density at radius 1 is 1.15 bits per heavy atom. The number of nitrogens with one attached hydrogen (secondary N) is 1. The molecule has 3 rings (SSSR count). The van der Waals surface area contributed by atoms with E-state index in [9.17, 15) is 14.0 Å². The lowest BCUT2D eigenvalue weighted by molar-refractivity contribution is 0.0302. The lowest BCUT2D eigenvalue weighted by Crippen LogP contribution is -2.40. The van der Waals surface area contributed by atoms with Crippen LogP contribution in [0.3, 0.4) is 0 Å². The molecule has 0 saturated carbocycles. The summed E-state index contributed by atoms with van der Waals surface area (Å²) in [6, 6.07) is 7.99. The summed E-state index contributed by atoms with van der Waals surface area (Å²) in [5.74, 6) is -0.797. The van der Waals surface area contributed by atoms with Gasteiger partial charge >= 0.3 is 0 Å². The van der Waals surface area contributed by atoms with Crippen molar-refractivity contribution in [1.82, 2.24) is 15.2 Å². The molecular formula is C19H20FN3O3. The quantitative estimate of drug-likeness (QED) is 0.884. The third-order valence-electron chi connectivity index (χ3n) is 4.18. The number of hydrogen-bond donors (Lipinski definition) is 1. The largest absolute Gasteiger partial charge is 0.378 e. The maximum absolute atomic E-state index is 13.6. The highest BCUT2D eigenvalue weighted by molar-refractivity contribution is 5.99. The van der Waals surface area contributed by atoms with Crippen LogP contribution in [0.1, 0.15) is 26.3 Å². The Labute approximate surface area is 151 Å². The van der Waals surface area contributed by atoms with Crippen molar-refractivity contribution in [2.45, 2.75) is 6.42 Å². The average molecular weight is 357 g/mol. The Hall–Kier alpha value is -2.80. The second-order valence-electron chi connectivity index (χ2n) is 5.96. The molecule has 0 aliphatic carbocycles. The lowest BCUT2D eigenvalue weighted by atomic mass is 10.1. The fourth-order valence-electron chi connectivity index (χ4n) is 2.74. The predicted molar refractivity (Wildman–Crippen MR) is 93.4 cm³/mol. The van der Waals surface area contributed by atoms with E-state index < -0.39 is 0 Å². The molecule has 1 saturated heterocycles. The zero-order valence-electron chi connectivity index (χ0n) is 14.3. The van der Waals surface area contributed by atoms with Gasteiger partial charge in [0, 0.05) is 32.0 Å². The summed E-state index contributed by atoms with van der Waals surface area (Å²) >= 11 is 0. The van der Waals surface area contributed by atoms with Gasteiger partial charge in [0.2, 0.25) is 0 Å². The topological polar surface area (TPSA) is 71.5 Å². The number of ether oxygens (including phenoxy) is 1. The van der Waals surface area contributed by atoms with Crippen LogP contribution < -0.4 is 5.32 Å². The number of halogens is 1. The molecular weight excluding hydrogens is 337 g/mol. The van der Waals surface area contributed by atoms with E-state index in [0.29, 0.717) is 56.0 Å². The molecule has 6 nitrogen and oxygen atoms in total. The first-order valence-corrected chi connectivity index (χ1v) is 8.49. The molecule has 0 atom stereocenters. The summed E-state index contributed by atoms with van der Waals surface area (Å²) in [6.07, 6.45) is 3.25. The van der Waals surface area contributed by atoms with Gasteiger partial charge in [-0.3, -0.25) is 14.6 Å². The molecule has 1 aromatic heterocycles. The van der Waals surface area contributed by atoms with Crippen molar-refractivity contribution in [2.75, 3.05) is 32.8 Å². The van der Waals surface area contributed by atoms with E-state index in [1.165, 1.54) is 24.5 Å². The van der Waals surface area contributed by atoms with Crippen LogP contribution in [0.5, 0.6) is 0 Å². The van der Waals surface area contributed by atoms with E-state index in [0.717, 1.165) is 0 Å². The van der Waals surface area contributed by atoms with Gasteiger partial charge in [0.1, 0.15) is 5.82 Å². The van der Waals surface area contributed by atoms with Crippen molar-refractivity contribution >= 4 is 11.8 Å². The SMILES string of the molecule is O=C(NCCc1ccccc1F)c1cncc(C(=O)N2CCOCC2)c1. The van der Waals surface area contributed by atoms with E-state index >= 15 is 0 Å². The zero-order chi connectivity index (χ0) is 18.4. The first kappa shape index (κ1) is 18.0. The summed E-state index contributed by atoms with van der Waals surface area (Å²) < 4.78 is 18.8. The Morgan fingerprint density at radius 3 is 2.65 bits per heavy atom. The number of benzene rings is 1. The fraction of sp³-hybridized carbons (Fsp3) is 0.316. The first-order chi connectivity index (χ1) is 12.6. The third kappa shape index (κ3) is 4.43. The highest BCUT2D eigenvalue weighted by Gasteiger charge is 2.20. The third-order valence-corrected chi connectivity index (χ3v) is 4.18. The average Bonchev–Trinajstić information content (AvgIpc) is 2.69. The van der Waals surface area contributed by atoms with Crippen LogP contribution >= 0.6 is 0 Å². The molecule has 2 aromatic rings. The normalized spacial score (nSPS) is 14.1. The van der Waals surface area contributed by atoms with Crippen LogP contribution in [0.2, 0.25) is 0 Å². The summed E-state index contributed by atoms with van der Waals surface area (Å²) in [6.45, 7) is 2.36. The van der Waals surface area contributed by atoms with E-state index in [4.69, 9.17) is 4.74 Å². The Kier molecular flexibility index (Phi) is 5.91. The van der Waals surface area contributed by atoms with Crippen molar-refractivity contribution in [1.29, 1.82) is 0 Å². The molecule has 1 N–H and O–H groups in total. The molecule has 1 aliphatic rings. The summed E-state index contributed by atoms with van der Waals surface area (Å²) in [5.41, 5.74) is 1.22. The van der Waals surface area contributed by atoms with Gasteiger partial charge < -0.3 is 15.0 Å². The lowest BCUT2D eigenvalue weighted by Gasteiger charge is -2.26. The Morgan fingerprint density at radius 2 is 1.88 bits per heavy atom. The molecule has 2 amide bonds. The van der Waals surface area contributed by atoms with Gasteiger partial charge in [-0.25, -0.2) is 4.39 Å². The number of nitrogens with zero attached hydrogens (tertiary/aromatic N) is 2. The number of hydrogen-bond acceptors (Lipinski definition) is 4. The molecule has 0 radical (unpaired) electrons. The highest BCUT2D eigenvalue weighted by Crippen LogP contribution is 2.10. The number of morpholine rings is 1. The molecule has 0 bridgehead atoms. The Bertz CT molecular complexity index is 791. The minimum Gasteiger partial charge on any atom is -0.378 e. The van der Waals surface area contributed by atoms with E-state index in [-0.39, 0.29) is 17.6 Å². The second kappa shape index (κ2) is 8.53. The summed E-state index contributed by atoms with van der Waals surface area (Å²) in [4.78, 5) is 30.4. The van der Waals surface area contributed by atoms with Gasteiger partial charge in [-0.2, -0.15) is 0 Å². The van der Waals surface area contributed by atoms with Crippen molar-refractivity contribution in [3.63, 3.8) is 0 Å². The maximum Gasteiger partial charge on any atom is 0.255 e. The van der Waals surface area contributed by atoms with Crippen LogP contribution in [-0.4, -0.2) is 54.5 Å². The van der Waals surface area contributed by atoms with Crippen molar-refractivity contribution in [3.05, 3.63) is 65.2 Å². The van der Waals surface area contributed by atoms with E-state index in [2.05, 4.69) is 10.3 Å². The van der Waals surface area contributed by atoms with E-state index in [1.54, 1.807) is 23.1 Å². The van der Waals surface area contributed by atoms with Crippen molar-refractivity contribution in [2.24, 2.45) is 0 Å². The minimum atomic E-state index is -0.342. The molecule has 136 valence electrons. The van der Waals surface area contributed by atoms with Gasteiger partial charge in [-0.15, -0.1) is 0 Å². The Balaban J connectivity index is 1.59. The van der Waals surface area contributed by atoms with Crippen LogP contribution in [0.15, 0.2) is 42.7 Å². The van der Waals surface area contributed by atoms with Gasteiger partial charge in [0.05, 0.1) is 24.3 Å². The second-order valence-corrected chi connectivity index (χ2v) is 5.96. The first-order valence-electron chi connectivity index (χ1n) is 8.49. The molecule has 0 unspecified atom stereocenters. The number of rotatable bonds is 5. The van der Waals surface area contributed by atoms with Gasteiger partial charge in [-0.1, -0.05) is 18.2 Å². The fourth-order valence-corrected chi connectivity index (χ4v) is 2.74. The molecule has 1 fully saturated rings. The van der Waals surface area contributed by atoms with Crippen LogP contribution in [0.4, 0.5) is 4.39 Å². The summed E-state index contributed by atoms with van der Waals surface area (Å²) in [7, 11) is 0. The van der Waals surface area contributed by atoms with Crippen LogP contribution in [0, 0.1) is 5.82 Å². The van der Waals surface area contributed by atoms with Crippen LogP contribution in [-0.2, 0) is 11.2 Å². The molecule has 26 heavy (non-hydrogen) atoms. The molecule has 1 aliphatic heterocycles. The van der Waals surface area contributed by atoms with Crippen molar-refractivity contribution < 1.29 is 18.7 Å². The van der Waals surface area contributed by atoms with Gasteiger partial charge in [-0.05, 0) is 24.1 Å². The standard InChI is InChI=1S/C19H20FN3O3/c20-17-4-2-1-3-14(17)5-6-22-18(24)15-11-16(13-21-12-15)19(25)23-7-9-26-10-8-23/h1-4,11-13H,5-10H2,(H,22,24). The van der Waals surface area contributed by atoms with Gasteiger partial charge in [0.15, 0.2) is 0 Å².